The van der Waals surface area contributed by atoms with Crippen LogP contribution in [-0.4, -0.2) is 49.0 Å². The number of hydrogen-bond donors (Lipinski definition) is 2. The summed E-state index contributed by atoms with van der Waals surface area (Å²) in [7, 11) is 0. The summed E-state index contributed by atoms with van der Waals surface area (Å²) >= 11 is 5.81. The SMILES string of the molecule is CCOc1ccc(-c2c(C(=O)N/N=C/c3ccc(Cl)c([N+](=O)[O-])c3)nnn2-c2nonc2N)cc1. The van der Waals surface area contributed by atoms with Crippen molar-refractivity contribution in [3.63, 3.8) is 0 Å². The van der Waals surface area contributed by atoms with E-state index in [-0.39, 0.29) is 33.7 Å². The first-order chi connectivity index (χ1) is 16.9. The first kappa shape index (κ1) is 23.3. The summed E-state index contributed by atoms with van der Waals surface area (Å²) in [5.74, 6) is -0.103. The van der Waals surface area contributed by atoms with Crippen molar-refractivity contribution in [3.8, 4) is 22.8 Å². The molecule has 0 bridgehead atoms. The van der Waals surface area contributed by atoms with E-state index in [4.69, 9.17) is 22.1 Å². The van der Waals surface area contributed by atoms with Crippen LogP contribution in [0, 0.1) is 10.1 Å². The Balaban J connectivity index is 1.65. The number of amides is 1. The van der Waals surface area contributed by atoms with E-state index in [2.05, 4.69) is 35.8 Å². The minimum absolute atomic E-state index is 0.0191. The zero-order chi connectivity index (χ0) is 24.9. The third kappa shape index (κ3) is 4.91. The number of carbonyl (C=O) groups is 1. The van der Waals surface area contributed by atoms with Gasteiger partial charge < -0.3 is 10.5 Å². The number of halogens is 1. The zero-order valence-electron chi connectivity index (χ0n) is 18.0. The maximum Gasteiger partial charge on any atom is 0.294 e. The smallest absolute Gasteiger partial charge is 0.294 e. The molecule has 3 N–H and O–H groups in total. The largest absolute Gasteiger partial charge is 0.494 e. The molecule has 178 valence electrons. The number of nitrogen functional groups attached to an aromatic ring is 1. The molecular weight excluding hydrogens is 482 g/mol. The van der Waals surface area contributed by atoms with Crippen molar-refractivity contribution in [3.05, 3.63) is 68.9 Å². The molecule has 4 rings (SSSR count). The average molecular weight is 498 g/mol. The van der Waals surface area contributed by atoms with Gasteiger partial charge in [-0.2, -0.15) is 9.78 Å². The summed E-state index contributed by atoms with van der Waals surface area (Å²) in [6.07, 6.45) is 1.22. The van der Waals surface area contributed by atoms with Gasteiger partial charge in [0.05, 0.1) is 17.7 Å². The Bertz CT molecular complexity index is 1410. The van der Waals surface area contributed by atoms with Crippen LogP contribution in [0.4, 0.5) is 11.5 Å². The highest BCUT2D eigenvalue weighted by molar-refractivity contribution is 6.32. The molecule has 2 heterocycles. The van der Waals surface area contributed by atoms with E-state index in [1.54, 1.807) is 24.3 Å². The van der Waals surface area contributed by atoms with Gasteiger partial charge in [0.15, 0.2) is 5.69 Å². The van der Waals surface area contributed by atoms with Crippen molar-refractivity contribution >= 4 is 35.2 Å². The lowest BCUT2D eigenvalue weighted by molar-refractivity contribution is -0.384. The number of ether oxygens (including phenoxy) is 1. The Morgan fingerprint density at radius 1 is 1.31 bits per heavy atom. The second-order valence-corrected chi connectivity index (χ2v) is 7.20. The van der Waals surface area contributed by atoms with E-state index in [0.717, 1.165) is 0 Å². The molecule has 0 aliphatic rings. The zero-order valence-corrected chi connectivity index (χ0v) is 18.7. The van der Waals surface area contributed by atoms with Crippen molar-refractivity contribution in [2.45, 2.75) is 6.92 Å². The highest BCUT2D eigenvalue weighted by Crippen LogP contribution is 2.28. The van der Waals surface area contributed by atoms with Crippen LogP contribution in [0.2, 0.25) is 5.02 Å². The van der Waals surface area contributed by atoms with Gasteiger partial charge in [-0.15, -0.1) is 5.10 Å². The van der Waals surface area contributed by atoms with Gasteiger partial charge in [-0.05, 0) is 47.6 Å². The lowest BCUT2D eigenvalue weighted by Crippen LogP contribution is -2.19. The van der Waals surface area contributed by atoms with Gasteiger partial charge in [0.2, 0.25) is 11.6 Å². The topological polar surface area (TPSA) is 189 Å². The number of anilines is 1. The fourth-order valence-corrected chi connectivity index (χ4v) is 3.21. The van der Waals surface area contributed by atoms with Crippen LogP contribution < -0.4 is 15.9 Å². The molecule has 0 fully saturated rings. The minimum Gasteiger partial charge on any atom is -0.494 e. The van der Waals surface area contributed by atoms with Gasteiger partial charge in [-0.25, -0.2) is 10.1 Å². The molecule has 2 aromatic heterocycles. The van der Waals surface area contributed by atoms with Crippen molar-refractivity contribution in [2.75, 3.05) is 12.3 Å². The Morgan fingerprint density at radius 3 is 2.74 bits per heavy atom. The number of hydrazone groups is 1. The first-order valence-electron chi connectivity index (χ1n) is 9.93. The van der Waals surface area contributed by atoms with Crippen molar-refractivity contribution in [1.82, 2.24) is 30.7 Å². The second-order valence-electron chi connectivity index (χ2n) is 6.80. The van der Waals surface area contributed by atoms with Crippen LogP contribution >= 0.6 is 11.6 Å². The van der Waals surface area contributed by atoms with Crippen molar-refractivity contribution < 1.29 is 19.1 Å². The van der Waals surface area contributed by atoms with Crippen LogP contribution in [0.5, 0.6) is 5.75 Å². The van der Waals surface area contributed by atoms with E-state index >= 15 is 0 Å². The van der Waals surface area contributed by atoms with Crippen LogP contribution in [0.3, 0.4) is 0 Å². The monoisotopic (exact) mass is 497 g/mol. The van der Waals surface area contributed by atoms with Crippen LogP contribution in [0.15, 0.2) is 52.2 Å². The third-order valence-electron chi connectivity index (χ3n) is 4.57. The predicted molar refractivity (Wildman–Crippen MR) is 123 cm³/mol. The van der Waals surface area contributed by atoms with Gasteiger partial charge in [-0.1, -0.05) is 22.9 Å². The Labute approximate surface area is 201 Å². The number of carbonyl (C=O) groups excluding carboxylic acids is 1. The summed E-state index contributed by atoms with van der Waals surface area (Å²) in [6, 6.07) is 10.9. The maximum absolute atomic E-state index is 12.9. The Morgan fingerprint density at radius 2 is 2.09 bits per heavy atom. The van der Waals surface area contributed by atoms with E-state index in [1.807, 2.05) is 6.92 Å². The number of rotatable bonds is 8. The summed E-state index contributed by atoms with van der Waals surface area (Å²) in [5, 5.41) is 30.1. The van der Waals surface area contributed by atoms with Crippen LogP contribution in [0.1, 0.15) is 23.0 Å². The Kier molecular flexibility index (Phi) is 6.64. The molecule has 35 heavy (non-hydrogen) atoms. The predicted octanol–water partition coefficient (Wildman–Crippen LogP) is 2.62. The highest BCUT2D eigenvalue weighted by Gasteiger charge is 2.25. The summed E-state index contributed by atoms with van der Waals surface area (Å²) in [6.45, 7) is 2.35. The van der Waals surface area contributed by atoms with E-state index in [1.165, 1.54) is 29.1 Å². The fourth-order valence-electron chi connectivity index (χ4n) is 3.02. The third-order valence-corrected chi connectivity index (χ3v) is 4.89. The molecule has 0 saturated carbocycles. The second kappa shape index (κ2) is 9.96. The average Bonchev–Trinajstić information content (AvgIpc) is 3.46. The summed E-state index contributed by atoms with van der Waals surface area (Å²) < 4.78 is 11.3. The number of hydrogen-bond acceptors (Lipinski definition) is 11. The lowest BCUT2D eigenvalue weighted by atomic mass is 10.1. The molecule has 0 radical (unpaired) electrons. The van der Waals surface area contributed by atoms with Crippen molar-refractivity contribution in [2.24, 2.45) is 5.10 Å². The standard InChI is InChI=1S/C20H16ClN9O5/c1-2-34-13-6-4-12(5-7-13)17-16(24-28-29(17)19-18(22)26-35-27-19)20(31)25-23-10-11-3-8-14(21)15(9-11)30(32)33/h3-10H,2H2,1H3,(H2,22,26)(H,25,31)/b23-10+. The minimum atomic E-state index is -0.713. The molecule has 1 amide bonds. The molecule has 4 aromatic rings. The maximum atomic E-state index is 12.9. The molecular formula is C20H16ClN9O5. The number of nitrogens with two attached hydrogens (primary N) is 1. The van der Waals surface area contributed by atoms with Gasteiger partial charge >= 0.3 is 0 Å². The van der Waals surface area contributed by atoms with E-state index in [9.17, 15) is 14.9 Å². The number of nitro groups is 1. The van der Waals surface area contributed by atoms with Gasteiger partial charge in [0, 0.05) is 17.2 Å². The van der Waals surface area contributed by atoms with Crippen LogP contribution in [-0.2, 0) is 0 Å². The van der Waals surface area contributed by atoms with Gasteiger partial charge in [0.1, 0.15) is 16.5 Å². The molecule has 0 atom stereocenters. The number of aromatic nitrogens is 5. The number of benzene rings is 2. The van der Waals surface area contributed by atoms with Gasteiger partial charge in [-0.3, -0.25) is 14.9 Å². The molecule has 0 aliphatic heterocycles. The first-order valence-corrected chi connectivity index (χ1v) is 10.3. The number of nitrogens with zero attached hydrogens (tertiary/aromatic N) is 7. The molecule has 0 saturated heterocycles. The van der Waals surface area contributed by atoms with Gasteiger partial charge in [0.25, 0.3) is 11.6 Å². The highest BCUT2D eigenvalue weighted by atomic mass is 35.5. The lowest BCUT2D eigenvalue weighted by Gasteiger charge is -2.07. The van der Waals surface area contributed by atoms with E-state index in [0.29, 0.717) is 23.5 Å². The summed E-state index contributed by atoms with van der Waals surface area (Å²) in [5.41, 5.74) is 8.86. The molecule has 0 unspecified atom stereocenters. The Hall–Kier alpha value is -4.85. The van der Waals surface area contributed by atoms with Crippen molar-refractivity contribution in [1.29, 1.82) is 0 Å². The molecule has 2 aromatic carbocycles. The molecule has 14 nitrogen and oxygen atoms in total. The molecule has 15 heteroatoms. The van der Waals surface area contributed by atoms with Crippen LogP contribution in [0.25, 0.3) is 17.1 Å². The fraction of sp³-hybridized carbons (Fsp3) is 0.100. The molecule has 0 aliphatic carbocycles. The summed E-state index contributed by atoms with van der Waals surface area (Å²) in [4.78, 5) is 23.3. The molecule has 0 spiro atoms. The number of nitrogens with one attached hydrogen (secondary N) is 1. The van der Waals surface area contributed by atoms with E-state index < -0.39 is 10.8 Å². The number of nitro benzene ring substituents is 1. The normalized spacial score (nSPS) is 11.0. The quantitative estimate of drug-likeness (QED) is 0.208.